The Balaban J connectivity index is 1.43. The van der Waals surface area contributed by atoms with E-state index in [0.29, 0.717) is 23.5 Å². The van der Waals surface area contributed by atoms with Crippen LogP contribution in [0.3, 0.4) is 0 Å². The molecule has 1 aliphatic carbocycles. The number of carbonyl (C=O) groups is 1. The summed E-state index contributed by atoms with van der Waals surface area (Å²) in [5.74, 6) is 1.10. The molecule has 9 nitrogen and oxygen atoms in total. The van der Waals surface area contributed by atoms with Gasteiger partial charge in [0.1, 0.15) is 6.10 Å². The second kappa shape index (κ2) is 10.6. The van der Waals surface area contributed by atoms with Gasteiger partial charge in [0.05, 0.1) is 6.20 Å². The van der Waals surface area contributed by atoms with Gasteiger partial charge < -0.3 is 20.1 Å². The van der Waals surface area contributed by atoms with Crippen LogP contribution in [0.15, 0.2) is 30.5 Å². The number of fused-ring (bicyclic) bond motifs is 1. The van der Waals surface area contributed by atoms with Crippen LogP contribution >= 0.6 is 0 Å². The van der Waals surface area contributed by atoms with Crippen LogP contribution in [0.1, 0.15) is 52.4 Å². The monoisotopic (exact) mass is 478 g/mol. The lowest BCUT2D eigenvalue weighted by molar-refractivity contribution is -0.118. The number of carbonyl (C=O) groups excluding carboxylic acids is 1. The Morgan fingerprint density at radius 2 is 1.86 bits per heavy atom. The smallest absolute Gasteiger partial charge is 0.322 e. The summed E-state index contributed by atoms with van der Waals surface area (Å²) in [6.07, 6.45) is 8.48. The first-order valence-corrected chi connectivity index (χ1v) is 12.7. The summed E-state index contributed by atoms with van der Waals surface area (Å²) in [6, 6.07) is 8.14. The molecule has 1 saturated heterocycles. The Bertz CT molecular complexity index is 1150. The van der Waals surface area contributed by atoms with Gasteiger partial charge in [-0.25, -0.2) is 0 Å². The second-order valence-electron chi connectivity index (χ2n) is 9.81. The number of anilines is 2. The van der Waals surface area contributed by atoms with Crippen LogP contribution in [-0.2, 0) is 9.53 Å². The third-order valence-electron chi connectivity index (χ3n) is 6.80. The van der Waals surface area contributed by atoms with E-state index in [1.54, 1.807) is 4.52 Å². The number of nitrogens with one attached hydrogen (secondary N) is 2. The Morgan fingerprint density at radius 1 is 1.11 bits per heavy atom. The van der Waals surface area contributed by atoms with Gasteiger partial charge in [-0.1, -0.05) is 26.0 Å². The lowest BCUT2D eigenvalue weighted by Gasteiger charge is -2.22. The van der Waals surface area contributed by atoms with Gasteiger partial charge in [-0.05, 0) is 62.1 Å². The van der Waals surface area contributed by atoms with Crippen LogP contribution in [0.5, 0.6) is 6.01 Å². The van der Waals surface area contributed by atoms with E-state index < -0.39 is 0 Å². The average molecular weight is 479 g/mol. The average Bonchev–Trinajstić information content (AvgIpc) is 3.54. The molecule has 35 heavy (non-hydrogen) atoms. The summed E-state index contributed by atoms with van der Waals surface area (Å²) in [7, 11) is 0. The van der Waals surface area contributed by atoms with Crippen molar-refractivity contribution in [3.8, 4) is 17.1 Å². The lowest BCUT2D eigenvalue weighted by Crippen LogP contribution is -2.24. The molecule has 3 heterocycles. The maximum atomic E-state index is 12.0. The second-order valence-corrected chi connectivity index (χ2v) is 9.81. The Morgan fingerprint density at radius 3 is 2.57 bits per heavy atom. The lowest BCUT2D eigenvalue weighted by atomic mass is 10.0. The van der Waals surface area contributed by atoms with Crippen LogP contribution in [0.25, 0.3) is 16.8 Å². The van der Waals surface area contributed by atoms with Crippen LogP contribution in [-0.4, -0.2) is 51.4 Å². The zero-order chi connectivity index (χ0) is 24.2. The molecule has 2 aromatic heterocycles. The maximum absolute atomic E-state index is 12.0. The van der Waals surface area contributed by atoms with Crippen molar-refractivity contribution in [3.05, 3.63) is 30.5 Å². The Labute approximate surface area is 205 Å². The molecule has 0 radical (unpaired) electrons. The third-order valence-corrected chi connectivity index (χ3v) is 6.80. The molecule has 1 aliphatic heterocycles. The first-order chi connectivity index (χ1) is 17.1. The molecule has 1 saturated carbocycles. The van der Waals surface area contributed by atoms with E-state index in [0.717, 1.165) is 62.3 Å². The topological polar surface area (TPSA) is 103 Å². The number of ether oxygens (including phenoxy) is 2. The number of aromatic nitrogens is 4. The first kappa shape index (κ1) is 23.5. The van der Waals surface area contributed by atoms with E-state index in [4.69, 9.17) is 19.4 Å². The van der Waals surface area contributed by atoms with Crippen molar-refractivity contribution in [2.24, 2.45) is 11.8 Å². The van der Waals surface area contributed by atoms with E-state index >= 15 is 0 Å². The highest BCUT2D eigenvalue weighted by Gasteiger charge is 2.22. The molecule has 186 valence electrons. The maximum Gasteiger partial charge on any atom is 0.322 e. The van der Waals surface area contributed by atoms with Crippen molar-refractivity contribution in [2.75, 3.05) is 30.4 Å². The third kappa shape index (κ3) is 5.56. The van der Waals surface area contributed by atoms with E-state index in [1.165, 1.54) is 12.8 Å². The van der Waals surface area contributed by atoms with E-state index in [-0.39, 0.29) is 17.9 Å². The van der Waals surface area contributed by atoms with Gasteiger partial charge in [-0.2, -0.15) is 19.6 Å². The Kier molecular flexibility index (Phi) is 7.13. The van der Waals surface area contributed by atoms with Crippen molar-refractivity contribution in [3.63, 3.8) is 0 Å². The van der Waals surface area contributed by atoms with Gasteiger partial charge in [0.15, 0.2) is 5.65 Å². The normalized spacial score (nSPS) is 17.2. The highest BCUT2D eigenvalue weighted by Crippen LogP contribution is 2.29. The minimum Gasteiger partial charge on any atom is -0.460 e. The summed E-state index contributed by atoms with van der Waals surface area (Å²) in [6.45, 7) is 6.17. The predicted molar refractivity (Wildman–Crippen MR) is 135 cm³/mol. The van der Waals surface area contributed by atoms with Gasteiger partial charge in [0.2, 0.25) is 11.9 Å². The summed E-state index contributed by atoms with van der Waals surface area (Å²) >= 11 is 0. The first-order valence-electron chi connectivity index (χ1n) is 12.7. The quantitative estimate of drug-likeness (QED) is 0.490. The van der Waals surface area contributed by atoms with Crippen molar-refractivity contribution >= 4 is 23.2 Å². The van der Waals surface area contributed by atoms with Crippen LogP contribution in [0, 0.1) is 11.8 Å². The van der Waals surface area contributed by atoms with Gasteiger partial charge in [-0.3, -0.25) is 4.79 Å². The summed E-state index contributed by atoms with van der Waals surface area (Å²) in [5, 5.41) is 11.0. The summed E-state index contributed by atoms with van der Waals surface area (Å²) in [5.41, 5.74) is 3.31. The van der Waals surface area contributed by atoms with Crippen LogP contribution in [0.4, 0.5) is 11.6 Å². The molecule has 3 aromatic rings. The molecule has 2 fully saturated rings. The fraction of sp³-hybridized carbons (Fsp3) is 0.538. The fourth-order valence-electron chi connectivity index (χ4n) is 4.59. The molecule has 1 amide bonds. The van der Waals surface area contributed by atoms with Gasteiger partial charge >= 0.3 is 6.01 Å². The van der Waals surface area contributed by atoms with Crippen molar-refractivity contribution in [1.29, 1.82) is 0 Å². The van der Waals surface area contributed by atoms with Gasteiger partial charge in [0.25, 0.3) is 0 Å². The largest absolute Gasteiger partial charge is 0.460 e. The van der Waals surface area contributed by atoms with Crippen molar-refractivity contribution < 1.29 is 14.3 Å². The van der Waals surface area contributed by atoms with E-state index in [9.17, 15) is 4.79 Å². The summed E-state index contributed by atoms with van der Waals surface area (Å²) < 4.78 is 13.4. The van der Waals surface area contributed by atoms with E-state index in [2.05, 4.69) is 15.7 Å². The number of hydrogen-bond acceptors (Lipinski definition) is 7. The zero-order valence-corrected chi connectivity index (χ0v) is 20.5. The molecule has 0 unspecified atom stereocenters. The number of amides is 1. The molecule has 1 aromatic carbocycles. The minimum absolute atomic E-state index is 0.00424. The molecule has 5 rings (SSSR count). The standard InChI is InChI=1S/C26H34N6O3/c1-17(2)24(33)29-20-9-7-19(8-10-20)22-16-28-32-23(22)30-26(35-21-5-3-4-6-21)31-25(32)27-15-18-11-13-34-14-12-18/h7-10,16-18,21H,3-6,11-15H2,1-2H3,(H,29,33)(H,27,30,31). The summed E-state index contributed by atoms with van der Waals surface area (Å²) in [4.78, 5) is 21.5. The number of nitrogens with zero attached hydrogens (tertiary/aromatic N) is 4. The predicted octanol–water partition coefficient (Wildman–Crippen LogP) is 4.55. The van der Waals surface area contributed by atoms with Crippen LogP contribution < -0.4 is 15.4 Å². The molecule has 0 atom stereocenters. The molecule has 0 spiro atoms. The molecule has 2 aliphatic rings. The molecular weight excluding hydrogens is 444 g/mol. The molecule has 0 bridgehead atoms. The van der Waals surface area contributed by atoms with Gasteiger partial charge in [0, 0.05) is 36.9 Å². The van der Waals surface area contributed by atoms with Crippen molar-refractivity contribution in [1.82, 2.24) is 19.6 Å². The highest BCUT2D eigenvalue weighted by atomic mass is 16.5. The van der Waals surface area contributed by atoms with Crippen molar-refractivity contribution in [2.45, 2.75) is 58.5 Å². The zero-order valence-electron chi connectivity index (χ0n) is 20.5. The number of rotatable bonds is 8. The minimum atomic E-state index is -0.0728. The highest BCUT2D eigenvalue weighted by molar-refractivity contribution is 5.92. The fourth-order valence-corrected chi connectivity index (χ4v) is 4.59. The number of hydrogen-bond donors (Lipinski definition) is 2. The molecular formula is C26H34N6O3. The van der Waals surface area contributed by atoms with E-state index in [1.807, 2.05) is 44.3 Å². The van der Waals surface area contributed by atoms with Crippen LogP contribution in [0.2, 0.25) is 0 Å². The molecule has 9 heteroatoms. The molecule has 2 N–H and O–H groups in total. The number of benzene rings is 1. The SMILES string of the molecule is CC(C)C(=O)Nc1ccc(-c2cnn3c(NCC4CCOCC4)nc(OC4CCCC4)nc23)cc1. The van der Waals surface area contributed by atoms with Gasteiger partial charge in [-0.15, -0.1) is 0 Å². The Hall–Kier alpha value is -3.20.